The number of aliphatic hydroxyl groups excluding tert-OH is 4. The minimum atomic E-state index is -0.954. The van der Waals surface area contributed by atoms with E-state index in [9.17, 15) is 0 Å². The van der Waals surface area contributed by atoms with E-state index in [1.54, 1.807) is 13.8 Å². The Kier molecular flexibility index (Phi) is 19.3. The van der Waals surface area contributed by atoms with Gasteiger partial charge in [0.2, 0.25) is 0 Å². The Morgan fingerprint density at radius 2 is 1.18 bits per heavy atom. The van der Waals surface area contributed by atoms with Gasteiger partial charge in [0.1, 0.15) is 6.10 Å². The minimum absolute atomic E-state index is 0. The van der Waals surface area contributed by atoms with Gasteiger partial charge in [0.15, 0.2) is 0 Å². The van der Waals surface area contributed by atoms with Crippen LogP contribution in [0.1, 0.15) is 13.8 Å². The van der Waals surface area contributed by atoms with Crippen LogP contribution in [0.25, 0.3) is 0 Å². The summed E-state index contributed by atoms with van der Waals surface area (Å²) in [4.78, 5) is 0. The molecule has 0 aromatic carbocycles. The van der Waals surface area contributed by atoms with E-state index in [0.717, 1.165) is 0 Å². The highest BCUT2D eigenvalue weighted by Crippen LogP contribution is 1.71. The van der Waals surface area contributed by atoms with Gasteiger partial charge in [-0.1, -0.05) is 0 Å². The standard InChI is InChI=1S/C3H8O3.C3H8O.H2O/c4-1-3(6)2-5;1-3(2)4;/h3-6H,1-2H2;3-4H,1-2H3;1H2. The van der Waals surface area contributed by atoms with Crippen molar-refractivity contribution < 1.29 is 25.9 Å². The molecule has 0 saturated heterocycles. The Balaban J connectivity index is -0.000000114. The van der Waals surface area contributed by atoms with Crippen LogP contribution in [-0.4, -0.2) is 51.3 Å². The Morgan fingerprint density at radius 3 is 1.18 bits per heavy atom. The molecule has 5 heteroatoms. The first-order chi connectivity index (χ1) is 4.54. The molecule has 0 fully saturated rings. The summed E-state index contributed by atoms with van der Waals surface area (Å²) in [7, 11) is 0. The van der Waals surface area contributed by atoms with Crippen LogP contribution in [0.5, 0.6) is 0 Å². The fourth-order valence-corrected chi connectivity index (χ4v) is 0.0577. The van der Waals surface area contributed by atoms with Crippen LogP contribution >= 0.6 is 0 Å². The molecule has 6 N–H and O–H groups in total. The van der Waals surface area contributed by atoms with E-state index in [1.807, 2.05) is 0 Å². The van der Waals surface area contributed by atoms with E-state index in [4.69, 9.17) is 20.4 Å². The lowest BCUT2D eigenvalue weighted by atomic mass is 10.4. The second kappa shape index (κ2) is 12.5. The van der Waals surface area contributed by atoms with Crippen molar-refractivity contribution in [1.29, 1.82) is 0 Å². The summed E-state index contributed by atoms with van der Waals surface area (Å²) in [6, 6.07) is 0. The van der Waals surface area contributed by atoms with Gasteiger partial charge >= 0.3 is 0 Å². The van der Waals surface area contributed by atoms with Crippen LogP contribution in [0.3, 0.4) is 0 Å². The van der Waals surface area contributed by atoms with Crippen molar-refractivity contribution in [1.82, 2.24) is 0 Å². The highest BCUT2D eigenvalue weighted by molar-refractivity contribution is 4.43. The average Bonchev–Trinajstić information content (AvgIpc) is 1.85. The summed E-state index contributed by atoms with van der Waals surface area (Å²) in [6.45, 7) is 2.72. The fourth-order valence-electron chi connectivity index (χ4n) is 0.0577. The van der Waals surface area contributed by atoms with E-state index < -0.39 is 6.10 Å². The molecule has 0 saturated carbocycles. The van der Waals surface area contributed by atoms with Crippen molar-refractivity contribution in [2.75, 3.05) is 13.2 Å². The molecule has 0 radical (unpaired) electrons. The zero-order chi connectivity index (χ0) is 8.57. The quantitative estimate of drug-likeness (QED) is 0.380. The van der Waals surface area contributed by atoms with E-state index in [-0.39, 0.29) is 24.8 Å². The van der Waals surface area contributed by atoms with Crippen molar-refractivity contribution in [3.63, 3.8) is 0 Å². The monoisotopic (exact) mass is 170 g/mol. The molecule has 0 unspecified atom stereocenters. The molecule has 0 aromatic rings. The van der Waals surface area contributed by atoms with Crippen molar-refractivity contribution in [3.05, 3.63) is 0 Å². The van der Waals surface area contributed by atoms with E-state index >= 15 is 0 Å². The first-order valence-corrected chi connectivity index (χ1v) is 3.12. The van der Waals surface area contributed by atoms with Gasteiger partial charge in [-0.3, -0.25) is 0 Å². The van der Waals surface area contributed by atoms with Gasteiger partial charge in [-0.25, -0.2) is 0 Å². The predicted molar refractivity (Wildman–Crippen MR) is 41.1 cm³/mol. The van der Waals surface area contributed by atoms with Gasteiger partial charge < -0.3 is 25.9 Å². The first-order valence-electron chi connectivity index (χ1n) is 3.12. The van der Waals surface area contributed by atoms with Crippen LogP contribution in [-0.2, 0) is 0 Å². The molecule has 0 spiro atoms. The highest BCUT2D eigenvalue weighted by atomic mass is 16.3. The molecule has 0 heterocycles. The molecule has 0 bridgehead atoms. The Morgan fingerprint density at radius 1 is 1.00 bits per heavy atom. The molecule has 0 aromatic heterocycles. The summed E-state index contributed by atoms with van der Waals surface area (Å²) in [6.07, 6.45) is -1.12. The summed E-state index contributed by atoms with van der Waals surface area (Å²) >= 11 is 0. The summed E-state index contributed by atoms with van der Waals surface area (Å²) in [5, 5.41) is 32.1. The number of aliphatic hydroxyl groups is 4. The second-order valence-corrected chi connectivity index (χ2v) is 2.11. The Hall–Kier alpha value is -0.200. The van der Waals surface area contributed by atoms with Crippen molar-refractivity contribution in [3.8, 4) is 0 Å². The maximum atomic E-state index is 8.17. The molecule has 0 atom stereocenters. The molecule has 11 heavy (non-hydrogen) atoms. The van der Waals surface area contributed by atoms with Gasteiger partial charge in [-0.15, -0.1) is 0 Å². The van der Waals surface area contributed by atoms with Crippen molar-refractivity contribution in [2.24, 2.45) is 0 Å². The highest BCUT2D eigenvalue weighted by Gasteiger charge is 1.93. The lowest BCUT2D eigenvalue weighted by molar-refractivity contribution is 0.0450. The molecular weight excluding hydrogens is 152 g/mol. The molecule has 0 aliphatic carbocycles. The number of rotatable bonds is 2. The molecule has 0 rings (SSSR count). The summed E-state index contributed by atoms with van der Waals surface area (Å²) < 4.78 is 0. The number of hydrogen-bond donors (Lipinski definition) is 4. The maximum Gasteiger partial charge on any atom is 0.100 e. The second-order valence-electron chi connectivity index (χ2n) is 2.11. The Labute approximate surface area is 66.2 Å². The van der Waals surface area contributed by atoms with Crippen LogP contribution < -0.4 is 0 Å². The van der Waals surface area contributed by atoms with Gasteiger partial charge in [0, 0.05) is 6.10 Å². The molecule has 5 nitrogen and oxygen atoms in total. The van der Waals surface area contributed by atoms with Crippen molar-refractivity contribution in [2.45, 2.75) is 26.1 Å². The van der Waals surface area contributed by atoms with Crippen LogP contribution in [0.15, 0.2) is 0 Å². The third-order valence-corrected chi connectivity index (χ3v) is 0.421. The maximum absolute atomic E-state index is 8.17. The van der Waals surface area contributed by atoms with Crippen LogP contribution in [0.2, 0.25) is 0 Å². The minimum Gasteiger partial charge on any atom is -0.412 e. The first kappa shape index (κ1) is 17.0. The van der Waals surface area contributed by atoms with Crippen molar-refractivity contribution >= 4 is 0 Å². The zero-order valence-corrected chi connectivity index (χ0v) is 6.86. The molecular formula is C6H18O5. The van der Waals surface area contributed by atoms with Gasteiger partial charge in [-0.05, 0) is 13.8 Å². The smallest absolute Gasteiger partial charge is 0.100 e. The predicted octanol–water partition coefficient (Wildman–Crippen LogP) is -2.11. The summed E-state index contributed by atoms with van der Waals surface area (Å²) in [5.41, 5.74) is 0. The van der Waals surface area contributed by atoms with Gasteiger partial charge in [0.25, 0.3) is 0 Å². The van der Waals surface area contributed by atoms with Crippen LogP contribution in [0.4, 0.5) is 0 Å². The SMILES string of the molecule is CC(C)O.O.OCC(O)CO. The molecule has 72 valence electrons. The summed E-state index contributed by atoms with van der Waals surface area (Å²) in [5.74, 6) is 0. The van der Waals surface area contributed by atoms with E-state index in [0.29, 0.717) is 0 Å². The lowest BCUT2D eigenvalue weighted by Gasteiger charge is -1.96. The normalized spacial score (nSPS) is 8.73. The van der Waals surface area contributed by atoms with E-state index in [2.05, 4.69) is 0 Å². The topological polar surface area (TPSA) is 112 Å². The van der Waals surface area contributed by atoms with E-state index in [1.165, 1.54) is 0 Å². The number of hydrogen-bond acceptors (Lipinski definition) is 4. The van der Waals surface area contributed by atoms with Crippen LogP contribution in [0, 0.1) is 0 Å². The molecule has 0 amide bonds. The van der Waals surface area contributed by atoms with Gasteiger partial charge in [0.05, 0.1) is 13.2 Å². The lowest BCUT2D eigenvalue weighted by Crippen LogP contribution is -2.15. The van der Waals surface area contributed by atoms with Gasteiger partial charge in [-0.2, -0.15) is 0 Å². The largest absolute Gasteiger partial charge is 0.412 e. The third kappa shape index (κ3) is 41.3. The average molecular weight is 170 g/mol. The molecule has 0 aliphatic rings. The molecule has 0 aliphatic heterocycles. The fraction of sp³-hybridized carbons (Fsp3) is 1.00. The third-order valence-electron chi connectivity index (χ3n) is 0.421. The zero-order valence-electron chi connectivity index (χ0n) is 6.86. The Bertz CT molecular complexity index is 50.2.